The Morgan fingerprint density at radius 2 is 1.40 bits per heavy atom. The quantitative estimate of drug-likeness (QED) is 0.223. The fourth-order valence-corrected chi connectivity index (χ4v) is 5.34. The molecule has 0 aromatic heterocycles. The van der Waals surface area contributed by atoms with E-state index in [1.165, 1.54) is 11.1 Å². The Labute approximate surface area is 265 Å². The van der Waals surface area contributed by atoms with Crippen LogP contribution in [0.25, 0.3) is 11.1 Å². The number of carboxylic acid groups (broad SMARTS) is 1. The molecule has 2 N–H and O–H groups in total. The number of ether oxygens (including phenoxy) is 1. The average molecular weight is 575 g/mol. The van der Waals surface area contributed by atoms with Crippen molar-refractivity contribution in [3.8, 4) is 11.1 Å². The summed E-state index contributed by atoms with van der Waals surface area (Å²) in [6.45, 7) is 2.39. The molecular formula is C35H37LiNO4S+. The summed E-state index contributed by atoms with van der Waals surface area (Å²) in [6.07, 6.45) is 3.82. The average Bonchev–Trinajstić information content (AvgIpc) is 2.99. The van der Waals surface area contributed by atoms with Gasteiger partial charge in [-0.2, -0.15) is 11.8 Å². The molecule has 4 rings (SSSR count). The number of carbonyl (C=O) groups excluding carboxylic acids is 1. The van der Waals surface area contributed by atoms with E-state index in [1.54, 1.807) is 17.8 Å². The Morgan fingerprint density at radius 1 is 0.810 bits per heavy atom. The van der Waals surface area contributed by atoms with Crippen LogP contribution in [-0.4, -0.2) is 41.1 Å². The van der Waals surface area contributed by atoms with Gasteiger partial charge < -0.3 is 15.2 Å². The topological polar surface area (TPSA) is 75.6 Å². The van der Waals surface area contributed by atoms with Crippen LogP contribution >= 0.6 is 11.8 Å². The number of hydrogen-bond acceptors (Lipinski definition) is 4. The van der Waals surface area contributed by atoms with Gasteiger partial charge in [0.2, 0.25) is 0 Å². The number of thioether (sulfide) groups is 1. The van der Waals surface area contributed by atoms with E-state index >= 15 is 0 Å². The normalized spacial score (nSPS) is 11.5. The van der Waals surface area contributed by atoms with Crippen LogP contribution in [0.2, 0.25) is 0 Å². The number of amides is 1. The molecule has 0 aliphatic heterocycles. The minimum atomic E-state index is -1.03. The third-order valence-electron chi connectivity index (χ3n) is 7.08. The Hall–Kier alpha value is -3.27. The molecule has 4 aromatic rings. The van der Waals surface area contributed by atoms with Crippen LogP contribution in [0.4, 0.5) is 0 Å². The Kier molecular flexibility index (Phi) is 13.4. The van der Waals surface area contributed by atoms with Crippen LogP contribution in [0.3, 0.4) is 0 Å². The maximum atomic E-state index is 13.4. The zero-order chi connectivity index (χ0) is 29.0. The predicted molar refractivity (Wildman–Crippen MR) is 167 cm³/mol. The van der Waals surface area contributed by atoms with Gasteiger partial charge in [-0.15, -0.1) is 0 Å². The zero-order valence-electron chi connectivity index (χ0n) is 24.6. The largest absolute Gasteiger partial charge is 1.00 e. The first kappa shape index (κ1) is 33.2. The van der Waals surface area contributed by atoms with Gasteiger partial charge in [0.1, 0.15) is 6.04 Å². The van der Waals surface area contributed by atoms with Gasteiger partial charge in [0.15, 0.2) is 0 Å². The Balaban J connectivity index is 0.00000484. The summed E-state index contributed by atoms with van der Waals surface area (Å²) in [7, 11) is 0. The molecule has 0 heterocycles. The van der Waals surface area contributed by atoms with Crippen LogP contribution in [0.15, 0.2) is 103 Å². The van der Waals surface area contributed by atoms with Gasteiger partial charge in [-0.3, -0.25) is 4.79 Å². The first-order valence-electron chi connectivity index (χ1n) is 13.9. The number of aliphatic carboxylic acids is 1. The molecule has 42 heavy (non-hydrogen) atoms. The molecule has 212 valence electrons. The molecule has 7 heteroatoms. The standard InChI is InChI=1S/C35H37NO4S.Li/c1-25-11-9-10-16-30(25)32-23-28(17-18-31(32)34(37)36-33(35(38)39)19-20-41-2)24-40-29(21-26-12-5-3-6-13-26)22-27-14-7-4-8-15-27;/h3-18,23,29,33H,19-22,24H2,1-2H3,(H,36,37)(H,38,39);/q;+1. The van der Waals surface area contributed by atoms with E-state index in [2.05, 4.69) is 29.6 Å². The molecule has 0 aliphatic carbocycles. The first-order valence-corrected chi connectivity index (χ1v) is 15.2. The van der Waals surface area contributed by atoms with Crippen molar-refractivity contribution in [2.75, 3.05) is 12.0 Å². The predicted octanol–water partition coefficient (Wildman–Crippen LogP) is 3.97. The molecule has 0 saturated carbocycles. The van der Waals surface area contributed by atoms with Gasteiger partial charge in [-0.1, -0.05) is 91.0 Å². The molecule has 4 aromatic carbocycles. The maximum absolute atomic E-state index is 13.4. The maximum Gasteiger partial charge on any atom is 1.00 e. The third-order valence-corrected chi connectivity index (χ3v) is 7.72. The van der Waals surface area contributed by atoms with Crippen LogP contribution in [-0.2, 0) is 29.0 Å². The van der Waals surface area contributed by atoms with E-state index < -0.39 is 17.9 Å². The monoisotopic (exact) mass is 574 g/mol. The van der Waals surface area contributed by atoms with Gasteiger partial charge in [0.05, 0.1) is 12.7 Å². The summed E-state index contributed by atoms with van der Waals surface area (Å²) < 4.78 is 6.52. The Morgan fingerprint density at radius 3 is 1.98 bits per heavy atom. The summed E-state index contributed by atoms with van der Waals surface area (Å²) in [6, 6.07) is 33.3. The fourth-order valence-electron chi connectivity index (χ4n) is 4.86. The van der Waals surface area contributed by atoms with E-state index in [1.807, 2.05) is 86.0 Å². The van der Waals surface area contributed by atoms with Crippen molar-refractivity contribution in [3.05, 3.63) is 131 Å². The number of hydrogen-bond donors (Lipinski definition) is 2. The summed E-state index contributed by atoms with van der Waals surface area (Å²) in [5.41, 5.74) is 6.56. The number of benzene rings is 4. The number of carboxylic acids is 1. The van der Waals surface area contributed by atoms with E-state index in [-0.39, 0.29) is 25.0 Å². The van der Waals surface area contributed by atoms with Crippen molar-refractivity contribution in [1.82, 2.24) is 5.32 Å². The molecule has 0 spiro atoms. The minimum absolute atomic E-state index is 0. The second-order valence-corrected chi connectivity index (χ2v) is 11.1. The van der Waals surface area contributed by atoms with Crippen molar-refractivity contribution in [1.29, 1.82) is 0 Å². The van der Waals surface area contributed by atoms with Crippen molar-refractivity contribution in [2.45, 2.75) is 44.9 Å². The van der Waals surface area contributed by atoms with Crippen molar-refractivity contribution >= 4 is 23.6 Å². The van der Waals surface area contributed by atoms with Crippen molar-refractivity contribution in [2.24, 2.45) is 0 Å². The van der Waals surface area contributed by atoms with E-state index in [9.17, 15) is 14.7 Å². The number of carbonyl (C=O) groups is 2. The second kappa shape index (κ2) is 17.0. The SMILES string of the molecule is CSCCC(NC(=O)c1ccc(COC(Cc2ccccc2)Cc2ccccc2)cc1-c1ccccc1C)C(=O)O.[Li+]. The summed E-state index contributed by atoms with van der Waals surface area (Å²) in [5.74, 6) is -0.779. The first-order chi connectivity index (χ1) is 19.9. The zero-order valence-corrected chi connectivity index (χ0v) is 25.4. The molecule has 0 aliphatic rings. The molecule has 0 fully saturated rings. The second-order valence-electron chi connectivity index (χ2n) is 10.2. The van der Waals surface area contributed by atoms with Gasteiger partial charge in [-0.05, 0) is 83.7 Å². The smallest absolute Gasteiger partial charge is 0.480 e. The molecule has 0 radical (unpaired) electrons. The molecule has 5 nitrogen and oxygen atoms in total. The van der Waals surface area contributed by atoms with Crippen molar-refractivity contribution < 1.29 is 38.3 Å². The van der Waals surface area contributed by atoms with Crippen LogP contribution in [0.5, 0.6) is 0 Å². The molecule has 1 atom stereocenters. The van der Waals surface area contributed by atoms with Crippen molar-refractivity contribution in [3.63, 3.8) is 0 Å². The molecule has 1 amide bonds. The van der Waals surface area contributed by atoms with Crippen LogP contribution in [0, 0.1) is 6.92 Å². The minimum Gasteiger partial charge on any atom is -0.480 e. The summed E-state index contributed by atoms with van der Waals surface area (Å²) >= 11 is 1.55. The third kappa shape index (κ3) is 9.64. The number of aryl methyl sites for hydroxylation is 1. The molecule has 1 unspecified atom stereocenters. The summed E-state index contributed by atoms with van der Waals surface area (Å²) in [5, 5.41) is 12.4. The molecular weight excluding hydrogens is 537 g/mol. The van der Waals surface area contributed by atoms with E-state index in [0.29, 0.717) is 24.3 Å². The van der Waals surface area contributed by atoms with Gasteiger partial charge in [-0.25, -0.2) is 4.79 Å². The van der Waals surface area contributed by atoms with E-state index in [0.717, 1.165) is 35.1 Å². The van der Waals surface area contributed by atoms with Crippen LogP contribution in [0.1, 0.15) is 39.0 Å². The number of nitrogens with one attached hydrogen (secondary N) is 1. The van der Waals surface area contributed by atoms with Gasteiger partial charge >= 0.3 is 24.8 Å². The molecule has 0 saturated heterocycles. The fraction of sp³-hybridized carbons (Fsp3) is 0.257. The van der Waals surface area contributed by atoms with Gasteiger partial charge in [0, 0.05) is 5.56 Å². The molecule has 0 bridgehead atoms. The Bertz CT molecular complexity index is 1390. The van der Waals surface area contributed by atoms with Crippen LogP contribution < -0.4 is 24.2 Å². The number of rotatable bonds is 14. The summed E-state index contributed by atoms with van der Waals surface area (Å²) in [4.78, 5) is 25.2. The van der Waals surface area contributed by atoms with E-state index in [4.69, 9.17) is 4.74 Å². The van der Waals surface area contributed by atoms with Gasteiger partial charge in [0.25, 0.3) is 5.91 Å².